The molecule has 0 aromatic heterocycles. The Morgan fingerprint density at radius 3 is 2.04 bits per heavy atom. The van der Waals surface area contributed by atoms with Gasteiger partial charge in [0.05, 0.1) is 25.3 Å². The van der Waals surface area contributed by atoms with E-state index in [1.807, 2.05) is 57.2 Å². The van der Waals surface area contributed by atoms with Crippen LogP contribution in [0.25, 0.3) is 11.1 Å². The van der Waals surface area contributed by atoms with Crippen molar-refractivity contribution >= 4 is 26.3 Å². The Balaban J connectivity index is 1.63. The molecule has 1 N–H and O–H groups in total. The van der Waals surface area contributed by atoms with Gasteiger partial charge in [0.2, 0.25) is 0 Å². The summed E-state index contributed by atoms with van der Waals surface area (Å²) in [7, 11) is 0.871. The van der Waals surface area contributed by atoms with Gasteiger partial charge in [-0.3, -0.25) is 4.79 Å². The van der Waals surface area contributed by atoms with Crippen molar-refractivity contribution in [3.05, 3.63) is 77.9 Å². The lowest BCUT2D eigenvalue weighted by Gasteiger charge is -2.37. The maximum Gasteiger partial charge on any atom is 0.410 e. The number of nitrogens with one attached hydrogen (secondary N) is 1. The summed E-state index contributed by atoms with van der Waals surface area (Å²) in [6, 6.07) is 19.8. The van der Waals surface area contributed by atoms with E-state index in [4.69, 9.17) is 23.4 Å². The second-order valence-electron chi connectivity index (χ2n) is 15.2. The van der Waals surface area contributed by atoms with E-state index in [-0.39, 0.29) is 18.0 Å². The Morgan fingerprint density at radius 2 is 1.42 bits per heavy atom. The molecule has 0 bridgehead atoms. The van der Waals surface area contributed by atoms with Gasteiger partial charge < -0.3 is 33.6 Å². The molecule has 4 rings (SSSR count). The molecule has 1 fully saturated rings. The fourth-order valence-corrected chi connectivity index (χ4v) is 6.40. The van der Waals surface area contributed by atoms with Gasteiger partial charge >= 0.3 is 12.1 Å². The molecule has 0 aliphatic carbocycles. The summed E-state index contributed by atoms with van der Waals surface area (Å²) >= 11 is 0. The predicted molar refractivity (Wildman–Crippen MR) is 197 cm³/mol. The molecule has 11 heteroatoms. The van der Waals surface area contributed by atoms with E-state index in [1.165, 1.54) is 0 Å². The highest BCUT2D eigenvalue weighted by molar-refractivity contribution is 6.74. The van der Waals surface area contributed by atoms with Crippen molar-refractivity contribution in [1.29, 1.82) is 0 Å². The van der Waals surface area contributed by atoms with Crippen LogP contribution in [0.5, 0.6) is 17.2 Å². The van der Waals surface area contributed by atoms with Crippen LogP contribution in [0.4, 0.5) is 4.79 Å². The van der Waals surface area contributed by atoms with Crippen LogP contribution in [0.15, 0.2) is 66.7 Å². The van der Waals surface area contributed by atoms with Crippen LogP contribution in [0, 0.1) is 0 Å². The molecule has 3 aromatic carbocycles. The van der Waals surface area contributed by atoms with Crippen molar-refractivity contribution in [2.24, 2.45) is 0 Å². The number of rotatable bonds is 9. The van der Waals surface area contributed by atoms with Crippen molar-refractivity contribution in [3.8, 4) is 28.4 Å². The molecule has 0 spiro atoms. The molecule has 1 aliphatic heterocycles. The second-order valence-corrected chi connectivity index (χ2v) is 19.9. The number of carbonyl (C=O) groups is 3. The zero-order chi connectivity index (χ0) is 36.9. The number of hydrogen-bond donors (Lipinski definition) is 1. The van der Waals surface area contributed by atoms with Crippen molar-refractivity contribution in [2.75, 3.05) is 27.3 Å². The first-order valence-electron chi connectivity index (χ1n) is 17.0. The highest BCUT2D eigenvalue weighted by Gasteiger charge is 2.42. The number of esters is 1. The number of likely N-dealkylation sites (tertiary alicyclic amines) is 1. The zero-order valence-corrected chi connectivity index (χ0v) is 32.1. The molecule has 10 nitrogen and oxygen atoms in total. The van der Waals surface area contributed by atoms with Crippen LogP contribution < -0.4 is 19.2 Å². The Bertz CT molecular complexity index is 1680. The monoisotopic (exact) mass is 704 g/mol. The maximum atomic E-state index is 14.1. The Kier molecular flexibility index (Phi) is 11.6. The SMILES string of the molecule is COc1ccc(-c2ccc(C(=O)OC3(NC(=O)c4ccccc4O[Si](C)(C)C(C)(C)C)CCCN(C(=O)OC(C)(C)C)CC3)cc2)cc1OC. The summed E-state index contributed by atoms with van der Waals surface area (Å²) in [6.45, 7) is 16.7. The molecule has 1 unspecified atom stereocenters. The average molecular weight is 705 g/mol. The molecule has 1 atom stereocenters. The number of amides is 2. The largest absolute Gasteiger partial charge is 0.543 e. The van der Waals surface area contributed by atoms with Crippen LogP contribution >= 0.6 is 0 Å². The van der Waals surface area contributed by atoms with Gasteiger partial charge in [-0.2, -0.15) is 0 Å². The first-order chi connectivity index (χ1) is 23.4. The molecule has 3 aromatic rings. The van der Waals surface area contributed by atoms with Crippen LogP contribution in [0.2, 0.25) is 18.1 Å². The van der Waals surface area contributed by atoms with Gasteiger partial charge in [0.1, 0.15) is 11.4 Å². The highest BCUT2D eigenvalue weighted by atomic mass is 28.4. The third-order valence-electron chi connectivity index (χ3n) is 9.22. The zero-order valence-electron chi connectivity index (χ0n) is 31.1. The number of hydrogen-bond acceptors (Lipinski definition) is 8. The minimum Gasteiger partial charge on any atom is -0.543 e. The van der Waals surface area contributed by atoms with Gasteiger partial charge in [-0.15, -0.1) is 0 Å². The number of benzene rings is 3. The van der Waals surface area contributed by atoms with E-state index in [0.29, 0.717) is 47.8 Å². The fraction of sp³-hybridized carbons (Fsp3) is 0.462. The number of carbonyl (C=O) groups excluding carboxylic acids is 3. The van der Waals surface area contributed by atoms with Crippen LogP contribution in [-0.2, 0) is 9.47 Å². The quantitative estimate of drug-likeness (QED) is 0.134. The summed E-state index contributed by atoms with van der Waals surface area (Å²) in [5, 5.41) is 2.98. The van der Waals surface area contributed by atoms with E-state index in [0.717, 1.165) is 11.1 Å². The van der Waals surface area contributed by atoms with Crippen LogP contribution in [-0.4, -0.2) is 69.8 Å². The first kappa shape index (κ1) is 38.3. The lowest BCUT2D eigenvalue weighted by atomic mass is 10.0. The average Bonchev–Trinajstić information content (AvgIpc) is 3.25. The van der Waals surface area contributed by atoms with Crippen LogP contribution in [0.1, 0.15) is 81.5 Å². The van der Waals surface area contributed by atoms with Gasteiger partial charge in [0.25, 0.3) is 14.2 Å². The van der Waals surface area contributed by atoms with E-state index >= 15 is 0 Å². The molecule has 0 saturated carbocycles. The minimum atomic E-state index is -2.29. The summed E-state index contributed by atoms with van der Waals surface area (Å²) < 4.78 is 29.3. The molecule has 2 amide bonds. The van der Waals surface area contributed by atoms with E-state index in [9.17, 15) is 14.4 Å². The highest BCUT2D eigenvalue weighted by Crippen LogP contribution is 2.39. The fourth-order valence-electron chi connectivity index (χ4n) is 5.37. The molecule has 0 radical (unpaired) electrons. The normalized spacial score (nSPS) is 16.9. The molecule has 1 aliphatic rings. The van der Waals surface area contributed by atoms with Gasteiger partial charge in [-0.1, -0.05) is 51.1 Å². The van der Waals surface area contributed by atoms with Gasteiger partial charge in [-0.25, -0.2) is 9.59 Å². The topological polar surface area (TPSA) is 113 Å². The van der Waals surface area contributed by atoms with Crippen LogP contribution in [0.3, 0.4) is 0 Å². The molecule has 1 heterocycles. The van der Waals surface area contributed by atoms with Gasteiger partial charge in [0.15, 0.2) is 17.2 Å². The van der Waals surface area contributed by atoms with E-state index in [1.54, 1.807) is 49.5 Å². The smallest absolute Gasteiger partial charge is 0.410 e. The Hall–Kier alpha value is -4.51. The number of ether oxygens (including phenoxy) is 4. The molecule has 1 saturated heterocycles. The third kappa shape index (κ3) is 9.38. The molecular formula is C39H52N2O8Si. The van der Waals surface area contributed by atoms with Crippen molar-refractivity contribution in [3.63, 3.8) is 0 Å². The van der Waals surface area contributed by atoms with Gasteiger partial charge in [0, 0.05) is 25.9 Å². The maximum absolute atomic E-state index is 14.1. The lowest BCUT2D eigenvalue weighted by molar-refractivity contribution is -0.0411. The third-order valence-corrected chi connectivity index (χ3v) is 13.6. The van der Waals surface area contributed by atoms with Crippen molar-refractivity contribution in [1.82, 2.24) is 10.2 Å². The Morgan fingerprint density at radius 1 is 0.780 bits per heavy atom. The lowest BCUT2D eigenvalue weighted by Crippen LogP contribution is -2.52. The van der Waals surface area contributed by atoms with E-state index < -0.39 is 37.6 Å². The summed E-state index contributed by atoms with van der Waals surface area (Å²) in [4.78, 5) is 42.6. The second kappa shape index (κ2) is 15.2. The van der Waals surface area contributed by atoms with E-state index in [2.05, 4.69) is 39.2 Å². The first-order valence-corrected chi connectivity index (χ1v) is 19.9. The van der Waals surface area contributed by atoms with Gasteiger partial charge in [-0.05, 0) is 92.8 Å². The Labute approximate surface area is 297 Å². The van der Waals surface area contributed by atoms with Crippen molar-refractivity contribution < 1.29 is 37.8 Å². The number of nitrogens with zero attached hydrogens (tertiary/aromatic N) is 1. The molecule has 50 heavy (non-hydrogen) atoms. The summed E-state index contributed by atoms with van der Waals surface area (Å²) in [5.41, 5.74) is 0.343. The summed E-state index contributed by atoms with van der Waals surface area (Å²) in [6.07, 6.45) is 0.467. The molecule has 270 valence electrons. The minimum absolute atomic E-state index is 0.0885. The predicted octanol–water partition coefficient (Wildman–Crippen LogP) is 8.46. The summed E-state index contributed by atoms with van der Waals surface area (Å²) in [5.74, 6) is 0.665. The standard InChI is InChI=1S/C39H52N2O8Si/c1-37(2,3)48-36(44)41-24-13-22-39(23-25-41,40-34(42)30-14-11-12-15-31(30)49-50(9,10)38(4,5)6)47-35(43)28-18-16-27(17-19-28)29-20-21-32(45-7)33(26-29)46-8/h11-12,14-21,26H,13,22-25H2,1-10H3,(H,40,42). The number of para-hydroxylation sites is 1. The molecular weight excluding hydrogens is 653 g/mol. The van der Waals surface area contributed by atoms with Crippen molar-refractivity contribution in [2.45, 2.75) is 90.3 Å². The number of methoxy groups -OCH3 is 2.